The lowest BCUT2D eigenvalue weighted by Gasteiger charge is -2.04. The predicted octanol–water partition coefficient (Wildman–Crippen LogP) is 2.17. The Morgan fingerprint density at radius 2 is 2.24 bits per heavy atom. The molecule has 0 bridgehead atoms. The van der Waals surface area contributed by atoms with Gasteiger partial charge in [0.2, 0.25) is 0 Å². The lowest BCUT2D eigenvalue weighted by molar-refractivity contribution is 0.513. The molecule has 1 atom stereocenters. The number of imidazole rings is 1. The van der Waals surface area contributed by atoms with E-state index in [1.54, 1.807) is 6.20 Å². The van der Waals surface area contributed by atoms with E-state index in [0.717, 1.165) is 31.0 Å². The molecule has 2 aromatic rings. The second-order valence-corrected chi connectivity index (χ2v) is 4.48. The predicted molar refractivity (Wildman–Crippen MR) is 65.9 cm³/mol. The van der Waals surface area contributed by atoms with Crippen molar-refractivity contribution in [3.63, 3.8) is 0 Å². The van der Waals surface area contributed by atoms with Crippen LogP contribution in [0.25, 0.3) is 0 Å². The van der Waals surface area contributed by atoms with Gasteiger partial charge in [-0.25, -0.2) is 4.98 Å². The van der Waals surface area contributed by atoms with Gasteiger partial charge in [-0.2, -0.15) is 0 Å². The molecule has 0 aromatic carbocycles. The lowest BCUT2D eigenvalue weighted by Crippen LogP contribution is -2.08. The van der Waals surface area contributed by atoms with Crippen molar-refractivity contribution < 1.29 is 0 Å². The highest BCUT2D eigenvalue weighted by Gasteiger charge is 2.09. The number of alkyl halides is 1. The van der Waals surface area contributed by atoms with E-state index in [9.17, 15) is 0 Å². The molecule has 0 aliphatic carbocycles. The molecule has 5 nitrogen and oxygen atoms in total. The first-order valence-corrected chi connectivity index (χ1v) is 6.16. The molecule has 0 saturated heterocycles. The van der Waals surface area contributed by atoms with Gasteiger partial charge in [-0.1, -0.05) is 12.1 Å². The summed E-state index contributed by atoms with van der Waals surface area (Å²) in [4.78, 5) is 4.17. The SMILES string of the molecule is CCC(Cl)c1cn(CCn2ccnc2C)nn1. The van der Waals surface area contributed by atoms with E-state index in [-0.39, 0.29) is 5.38 Å². The smallest absolute Gasteiger partial charge is 0.105 e. The summed E-state index contributed by atoms with van der Waals surface area (Å²) < 4.78 is 3.90. The lowest BCUT2D eigenvalue weighted by atomic mass is 10.3. The second kappa shape index (κ2) is 5.31. The molecule has 2 rings (SSSR count). The number of aryl methyl sites for hydroxylation is 3. The Morgan fingerprint density at radius 1 is 1.41 bits per heavy atom. The Bertz CT molecular complexity index is 476. The summed E-state index contributed by atoms with van der Waals surface area (Å²) in [5.74, 6) is 1.01. The van der Waals surface area contributed by atoms with Crippen molar-refractivity contribution >= 4 is 11.6 Å². The fourth-order valence-electron chi connectivity index (χ4n) is 1.63. The summed E-state index contributed by atoms with van der Waals surface area (Å²) in [5, 5.41) is 8.09. The Hall–Kier alpha value is -1.36. The highest BCUT2D eigenvalue weighted by atomic mass is 35.5. The monoisotopic (exact) mass is 253 g/mol. The van der Waals surface area contributed by atoms with Gasteiger partial charge in [0.1, 0.15) is 11.5 Å². The number of hydrogen-bond donors (Lipinski definition) is 0. The van der Waals surface area contributed by atoms with E-state index in [0.29, 0.717) is 0 Å². The van der Waals surface area contributed by atoms with Crippen LogP contribution in [0.3, 0.4) is 0 Å². The summed E-state index contributed by atoms with van der Waals surface area (Å²) in [6.45, 7) is 5.63. The first kappa shape index (κ1) is 12.1. The minimum absolute atomic E-state index is 0.0428. The molecule has 2 heterocycles. The Labute approximate surface area is 105 Å². The molecule has 2 aromatic heterocycles. The zero-order chi connectivity index (χ0) is 12.3. The van der Waals surface area contributed by atoms with Crippen molar-refractivity contribution in [2.24, 2.45) is 0 Å². The van der Waals surface area contributed by atoms with Gasteiger partial charge in [-0.3, -0.25) is 4.68 Å². The molecule has 92 valence electrons. The fraction of sp³-hybridized carbons (Fsp3) is 0.545. The minimum Gasteiger partial charge on any atom is -0.333 e. The van der Waals surface area contributed by atoms with E-state index in [4.69, 9.17) is 11.6 Å². The molecule has 0 radical (unpaired) electrons. The van der Waals surface area contributed by atoms with Crippen LogP contribution in [0, 0.1) is 6.92 Å². The highest BCUT2D eigenvalue weighted by Crippen LogP contribution is 2.20. The number of nitrogens with zero attached hydrogens (tertiary/aromatic N) is 5. The highest BCUT2D eigenvalue weighted by molar-refractivity contribution is 6.20. The van der Waals surface area contributed by atoms with Crippen LogP contribution < -0.4 is 0 Å². The van der Waals surface area contributed by atoms with Gasteiger partial charge in [0.15, 0.2) is 0 Å². The fourth-order valence-corrected chi connectivity index (χ4v) is 1.73. The molecular formula is C11H16ClN5. The quantitative estimate of drug-likeness (QED) is 0.768. The van der Waals surface area contributed by atoms with Gasteiger partial charge in [0, 0.05) is 18.9 Å². The molecule has 6 heteroatoms. The Kier molecular flexibility index (Phi) is 3.78. The zero-order valence-corrected chi connectivity index (χ0v) is 10.8. The Morgan fingerprint density at radius 3 is 2.88 bits per heavy atom. The number of aromatic nitrogens is 5. The summed E-state index contributed by atoms with van der Waals surface area (Å²) in [6.07, 6.45) is 6.53. The van der Waals surface area contributed by atoms with E-state index in [1.807, 2.05) is 30.9 Å². The van der Waals surface area contributed by atoms with Gasteiger partial charge in [-0.05, 0) is 13.3 Å². The van der Waals surface area contributed by atoms with Crippen LogP contribution in [0.1, 0.15) is 30.2 Å². The third-order valence-electron chi connectivity index (χ3n) is 2.73. The average molecular weight is 254 g/mol. The van der Waals surface area contributed by atoms with Crippen molar-refractivity contribution in [2.45, 2.75) is 38.7 Å². The molecular weight excluding hydrogens is 238 g/mol. The maximum Gasteiger partial charge on any atom is 0.105 e. The summed E-state index contributed by atoms with van der Waals surface area (Å²) in [7, 11) is 0. The largest absolute Gasteiger partial charge is 0.333 e. The van der Waals surface area contributed by atoms with Crippen LogP contribution in [0.2, 0.25) is 0 Å². The van der Waals surface area contributed by atoms with Crippen molar-refractivity contribution in [3.05, 3.63) is 30.1 Å². The first-order valence-electron chi connectivity index (χ1n) is 5.72. The van der Waals surface area contributed by atoms with Crippen LogP contribution in [-0.2, 0) is 13.1 Å². The minimum atomic E-state index is -0.0428. The number of hydrogen-bond acceptors (Lipinski definition) is 3. The molecule has 0 spiro atoms. The molecule has 17 heavy (non-hydrogen) atoms. The summed E-state index contributed by atoms with van der Waals surface area (Å²) in [5.41, 5.74) is 0.844. The van der Waals surface area contributed by atoms with Crippen LogP contribution in [-0.4, -0.2) is 24.5 Å². The van der Waals surface area contributed by atoms with Gasteiger partial charge >= 0.3 is 0 Å². The average Bonchev–Trinajstić information content (AvgIpc) is 2.94. The standard InChI is InChI=1S/C11H16ClN5/c1-3-10(12)11-8-17(15-14-11)7-6-16-5-4-13-9(16)2/h4-5,8,10H,3,6-7H2,1-2H3. The van der Waals surface area contributed by atoms with Gasteiger partial charge in [0.05, 0.1) is 18.1 Å². The van der Waals surface area contributed by atoms with E-state index >= 15 is 0 Å². The third kappa shape index (κ3) is 2.85. The summed E-state index contributed by atoms with van der Waals surface area (Å²) >= 11 is 6.10. The van der Waals surface area contributed by atoms with Gasteiger partial charge < -0.3 is 4.57 Å². The van der Waals surface area contributed by atoms with Crippen LogP contribution in [0.4, 0.5) is 0 Å². The molecule has 0 saturated carbocycles. The molecule has 1 unspecified atom stereocenters. The zero-order valence-electron chi connectivity index (χ0n) is 10.0. The van der Waals surface area contributed by atoms with Crippen LogP contribution in [0.15, 0.2) is 18.6 Å². The van der Waals surface area contributed by atoms with Gasteiger partial charge in [0.25, 0.3) is 0 Å². The van der Waals surface area contributed by atoms with Crippen molar-refractivity contribution in [1.82, 2.24) is 24.5 Å². The first-order chi connectivity index (χ1) is 8.20. The normalized spacial score (nSPS) is 12.9. The topological polar surface area (TPSA) is 48.5 Å². The number of rotatable bonds is 5. The van der Waals surface area contributed by atoms with Crippen molar-refractivity contribution in [2.75, 3.05) is 0 Å². The second-order valence-electron chi connectivity index (χ2n) is 3.95. The Balaban J connectivity index is 1.96. The molecule has 0 amide bonds. The number of halogens is 1. The van der Waals surface area contributed by atoms with Crippen LogP contribution >= 0.6 is 11.6 Å². The molecule has 0 fully saturated rings. The third-order valence-corrected chi connectivity index (χ3v) is 3.26. The van der Waals surface area contributed by atoms with Crippen LogP contribution in [0.5, 0.6) is 0 Å². The van der Waals surface area contributed by atoms with Crippen molar-refractivity contribution in [1.29, 1.82) is 0 Å². The van der Waals surface area contributed by atoms with Crippen molar-refractivity contribution in [3.8, 4) is 0 Å². The maximum atomic E-state index is 6.10. The summed E-state index contributed by atoms with van der Waals surface area (Å²) in [6, 6.07) is 0. The van der Waals surface area contributed by atoms with E-state index in [1.165, 1.54) is 0 Å². The van der Waals surface area contributed by atoms with E-state index in [2.05, 4.69) is 19.9 Å². The molecule has 0 aliphatic rings. The van der Waals surface area contributed by atoms with Gasteiger partial charge in [-0.15, -0.1) is 16.7 Å². The molecule has 0 aliphatic heterocycles. The molecule has 0 N–H and O–H groups in total. The van der Waals surface area contributed by atoms with E-state index < -0.39 is 0 Å². The maximum absolute atomic E-state index is 6.10.